The maximum absolute atomic E-state index is 10.5. The highest BCUT2D eigenvalue weighted by Crippen LogP contribution is 2.36. The standard InChI is InChI=1S/C20H34O3/c1-2-3-4-5-6-8-12-17-14-11-15-18(17)13-9-7-10-16-19(21)20(22)23/h7-8,10,12,17-19,21H,2-6,9,11,13-16H2,1H3,(H,22,23)/t17-,18-,19?/m0/s1. The van der Waals surface area contributed by atoms with Gasteiger partial charge in [0, 0.05) is 6.42 Å². The van der Waals surface area contributed by atoms with Gasteiger partial charge < -0.3 is 10.2 Å². The van der Waals surface area contributed by atoms with Gasteiger partial charge in [-0.05, 0) is 50.4 Å². The van der Waals surface area contributed by atoms with E-state index in [-0.39, 0.29) is 6.42 Å². The van der Waals surface area contributed by atoms with E-state index in [1.807, 2.05) is 6.08 Å². The Bertz CT molecular complexity index is 373. The summed E-state index contributed by atoms with van der Waals surface area (Å²) >= 11 is 0. The molecule has 0 heterocycles. The van der Waals surface area contributed by atoms with Crippen molar-refractivity contribution in [2.75, 3.05) is 0 Å². The Kier molecular flexibility index (Phi) is 10.7. The lowest BCUT2D eigenvalue weighted by molar-refractivity contribution is -0.146. The van der Waals surface area contributed by atoms with E-state index in [0.717, 1.165) is 18.3 Å². The zero-order valence-corrected chi connectivity index (χ0v) is 14.6. The molecule has 0 saturated heterocycles. The van der Waals surface area contributed by atoms with Crippen molar-refractivity contribution in [3.63, 3.8) is 0 Å². The van der Waals surface area contributed by atoms with Gasteiger partial charge in [0.15, 0.2) is 6.10 Å². The number of hydrogen-bond donors (Lipinski definition) is 2. The summed E-state index contributed by atoms with van der Waals surface area (Å²) in [7, 11) is 0. The maximum Gasteiger partial charge on any atom is 0.332 e. The molecule has 0 aromatic heterocycles. The minimum Gasteiger partial charge on any atom is -0.479 e. The third kappa shape index (κ3) is 8.95. The van der Waals surface area contributed by atoms with Crippen molar-refractivity contribution < 1.29 is 15.0 Å². The number of aliphatic hydroxyl groups is 1. The monoisotopic (exact) mass is 322 g/mol. The molecule has 0 radical (unpaired) electrons. The second-order valence-corrected chi connectivity index (χ2v) is 6.77. The molecule has 3 heteroatoms. The van der Waals surface area contributed by atoms with Crippen LogP contribution in [-0.4, -0.2) is 22.3 Å². The fourth-order valence-corrected chi connectivity index (χ4v) is 3.39. The summed E-state index contributed by atoms with van der Waals surface area (Å²) in [4.78, 5) is 10.5. The minimum atomic E-state index is -1.26. The second kappa shape index (κ2) is 12.3. The van der Waals surface area contributed by atoms with E-state index in [0.29, 0.717) is 0 Å². The minimum absolute atomic E-state index is 0.209. The van der Waals surface area contributed by atoms with Crippen molar-refractivity contribution in [1.29, 1.82) is 0 Å². The van der Waals surface area contributed by atoms with Crippen LogP contribution in [0.2, 0.25) is 0 Å². The second-order valence-electron chi connectivity index (χ2n) is 6.77. The topological polar surface area (TPSA) is 57.5 Å². The molecule has 1 aliphatic rings. The van der Waals surface area contributed by atoms with Crippen LogP contribution in [0.5, 0.6) is 0 Å². The molecule has 0 aliphatic heterocycles. The zero-order valence-electron chi connectivity index (χ0n) is 14.6. The SMILES string of the molecule is CCCCCCC=C[C@H]1CCC[C@@H]1CCC=CCC(O)C(=O)O. The Labute approximate surface area is 141 Å². The number of aliphatic hydroxyl groups excluding tert-OH is 1. The molecule has 1 aliphatic carbocycles. The van der Waals surface area contributed by atoms with Gasteiger partial charge in [0.25, 0.3) is 0 Å². The number of carboxylic acids is 1. The number of carboxylic acid groups (broad SMARTS) is 1. The normalized spacial score (nSPS) is 23.0. The summed E-state index contributed by atoms with van der Waals surface area (Å²) in [6.07, 6.45) is 20.2. The molecule has 1 rings (SSSR count). The van der Waals surface area contributed by atoms with Gasteiger partial charge >= 0.3 is 5.97 Å². The number of aliphatic carboxylic acids is 1. The first kappa shape index (κ1) is 20.0. The Morgan fingerprint density at radius 2 is 1.96 bits per heavy atom. The van der Waals surface area contributed by atoms with Crippen molar-refractivity contribution in [3.8, 4) is 0 Å². The highest BCUT2D eigenvalue weighted by atomic mass is 16.4. The Balaban J connectivity index is 2.18. The van der Waals surface area contributed by atoms with E-state index >= 15 is 0 Å². The third-order valence-corrected chi connectivity index (χ3v) is 4.84. The highest BCUT2D eigenvalue weighted by Gasteiger charge is 2.24. The zero-order chi connectivity index (χ0) is 16.9. The van der Waals surface area contributed by atoms with Crippen LogP contribution in [-0.2, 0) is 4.79 Å². The Morgan fingerprint density at radius 3 is 2.70 bits per heavy atom. The molecule has 3 atom stereocenters. The molecule has 2 N–H and O–H groups in total. The van der Waals surface area contributed by atoms with Crippen LogP contribution < -0.4 is 0 Å². The van der Waals surface area contributed by atoms with E-state index in [1.54, 1.807) is 6.08 Å². The fraction of sp³-hybridized carbons (Fsp3) is 0.750. The van der Waals surface area contributed by atoms with E-state index in [9.17, 15) is 9.90 Å². The van der Waals surface area contributed by atoms with Crippen LogP contribution in [0.15, 0.2) is 24.3 Å². The van der Waals surface area contributed by atoms with E-state index in [4.69, 9.17) is 5.11 Å². The van der Waals surface area contributed by atoms with Gasteiger partial charge in [-0.3, -0.25) is 0 Å². The summed E-state index contributed by atoms with van der Waals surface area (Å²) < 4.78 is 0. The third-order valence-electron chi connectivity index (χ3n) is 4.84. The molecule has 1 fully saturated rings. The molecule has 3 nitrogen and oxygen atoms in total. The lowest BCUT2D eigenvalue weighted by Gasteiger charge is -2.15. The van der Waals surface area contributed by atoms with Crippen LogP contribution in [0.4, 0.5) is 0 Å². The first-order chi connectivity index (χ1) is 11.1. The molecule has 1 unspecified atom stereocenters. The average molecular weight is 322 g/mol. The summed E-state index contributed by atoms with van der Waals surface area (Å²) in [5.41, 5.74) is 0. The van der Waals surface area contributed by atoms with Crippen LogP contribution in [0.3, 0.4) is 0 Å². The maximum atomic E-state index is 10.5. The van der Waals surface area contributed by atoms with Gasteiger partial charge in [-0.25, -0.2) is 4.79 Å². The molecular weight excluding hydrogens is 288 g/mol. The average Bonchev–Trinajstić information content (AvgIpc) is 2.97. The van der Waals surface area contributed by atoms with Crippen LogP contribution in [0, 0.1) is 11.8 Å². The summed E-state index contributed by atoms with van der Waals surface area (Å²) in [5, 5.41) is 17.8. The predicted molar refractivity (Wildman–Crippen MR) is 95.4 cm³/mol. The number of allylic oxidation sites excluding steroid dienone is 3. The molecular formula is C20H34O3. The van der Waals surface area contributed by atoms with Gasteiger partial charge in [0.2, 0.25) is 0 Å². The lowest BCUT2D eigenvalue weighted by Crippen LogP contribution is -2.17. The number of unbranched alkanes of at least 4 members (excludes halogenated alkanes) is 4. The predicted octanol–water partition coefficient (Wildman–Crippen LogP) is 5.10. The van der Waals surface area contributed by atoms with Crippen LogP contribution in [0.1, 0.15) is 77.6 Å². The smallest absolute Gasteiger partial charge is 0.332 e. The molecule has 0 aromatic rings. The van der Waals surface area contributed by atoms with Gasteiger partial charge in [0.05, 0.1) is 0 Å². The molecule has 132 valence electrons. The summed E-state index contributed by atoms with van der Waals surface area (Å²) in [5.74, 6) is 0.365. The van der Waals surface area contributed by atoms with E-state index < -0.39 is 12.1 Å². The molecule has 0 amide bonds. The van der Waals surface area contributed by atoms with E-state index in [2.05, 4.69) is 19.1 Å². The van der Waals surface area contributed by atoms with Crippen molar-refractivity contribution >= 4 is 5.97 Å². The van der Waals surface area contributed by atoms with Gasteiger partial charge in [-0.1, -0.05) is 56.9 Å². The van der Waals surface area contributed by atoms with Crippen molar-refractivity contribution in [1.82, 2.24) is 0 Å². The number of hydrogen-bond acceptors (Lipinski definition) is 2. The molecule has 1 saturated carbocycles. The summed E-state index contributed by atoms with van der Waals surface area (Å²) in [6.45, 7) is 2.25. The van der Waals surface area contributed by atoms with Crippen molar-refractivity contribution in [3.05, 3.63) is 24.3 Å². The van der Waals surface area contributed by atoms with Gasteiger partial charge in [0.1, 0.15) is 0 Å². The number of rotatable bonds is 12. The quantitative estimate of drug-likeness (QED) is 0.388. The van der Waals surface area contributed by atoms with Gasteiger partial charge in [-0.2, -0.15) is 0 Å². The molecule has 23 heavy (non-hydrogen) atoms. The number of carbonyl (C=O) groups is 1. The highest BCUT2D eigenvalue weighted by molar-refractivity contribution is 5.72. The molecule has 0 spiro atoms. The first-order valence-electron chi connectivity index (χ1n) is 9.37. The Morgan fingerprint density at radius 1 is 1.13 bits per heavy atom. The van der Waals surface area contributed by atoms with Gasteiger partial charge in [-0.15, -0.1) is 0 Å². The van der Waals surface area contributed by atoms with Crippen LogP contribution in [0.25, 0.3) is 0 Å². The fourth-order valence-electron chi connectivity index (χ4n) is 3.39. The Hall–Kier alpha value is -1.09. The van der Waals surface area contributed by atoms with Crippen molar-refractivity contribution in [2.45, 2.75) is 83.7 Å². The van der Waals surface area contributed by atoms with E-state index in [1.165, 1.54) is 57.8 Å². The molecule has 0 bridgehead atoms. The van der Waals surface area contributed by atoms with Crippen LogP contribution >= 0.6 is 0 Å². The molecule has 0 aromatic carbocycles. The summed E-state index contributed by atoms with van der Waals surface area (Å²) in [6, 6.07) is 0. The largest absolute Gasteiger partial charge is 0.479 e. The lowest BCUT2D eigenvalue weighted by atomic mass is 9.91. The van der Waals surface area contributed by atoms with Crippen molar-refractivity contribution in [2.24, 2.45) is 11.8 Å². The first-order valence-corrected chi connectivity index (χ1v) is 9.37.